The van der Waals surface area contributed by atoms with Crippen molar-refractivity contribution in [3.8, 4) is 11.3 Å². The summed E-state index contributed by atoms with van der Waals surface area (Å²) >= 11 is 7.57. The van der Waals surface area contributed by atoms with Crippen molar-refractivity contribution >= 4 is 46.3 Å². The summed E-state index contributed by atoms with van der Waals surface area (Å²) in [6, 6.07) is 17.5. The first kappa shape index (κ1) is 20.0. The molecule has 0 unspecified atom stereocenters. The van der Waals surface area contributed by atoms with Crippen molar-refractivity contribution in [1.82, 2.24) is 10.2 Å². The maximum Gasteiger partial charge on any atom is 0.673 e. The molecule has 0 fully saturated rings. The Morgan fingerprint density at radius 2 is 1.71 bits per heavy atom. The average molecular weight is 428 g/mol. The predicted molar refractivity (Wildman–Crippen MR) is 101 cm³/mol. The van der Waals surface area contributed by atoms with Crippen LogP contribution in [0.5, 0.6) is 0 Å². The molecular weight excluding hydrogens is 417 g/mol. The SMILES string of the molecule is Clc1ccc2oc(-c3ccccc3)c/c(=[NH+]\c3nncs3)c2c1.F[B-](F)(F)F. The van der Waals surface area contributed by atoms with Gasteiger partial charge in [0.05, 0.1) is 10.5 Å². The lowest BCUT2D eigenvalue weighted by molar-refractivity contribution is -0.401. The van der Waals surface area contributed by atoms with Crippen molar-refractivity contribution in [1.29, 1.82) is 0 Å². The topological polar surface area (TPSA) is 52.9 Å². The van der Waals surface area contributed by atoms with Crippen molar-refractivity contribution in [3.63, 3.8) is 0 Å². The number of benzene rings is 2. The molecule has 1 N–H and O–H groups in total. The van der Waals surface area contributed by atoms with Crippen LogP contribution in [0.4, 0.5) is 22.4 Å². The van der Waals surface area contributed by atoms with Crippen LogP contribution in [0.15, 0.2) is 64.5 Å². The molecule has 4 rings (SSSR count). The summed E-state index contributed by atoms with van der Waals surface area (Å²) in [4.78, 5) is 3.29. The van der Waals surface area contributed by atoms with Crippen molar-refractivity contribution in [2.75, 3.05) is 0 Å². The van der Waals surface area contributed by atoms with Crippen LogP contribution >= 0.6 is 22.9 Å². The van der Waals surface area contributed by atoms with E-state index < -0.39 is 7.25 Å². The number of rotatable bonds is 2. The second-order valence-electron chi connectivity index (χ2n) is 5.39. The van der Waals surface area contributed by atoms with E-state index in [2.05, 4.69) is 15.2 Å². The third-order valence-corrected chi connectivity index (χ3v) is 4.23. The number of nitrogens with one attached hydrogen (secondary N) is 1. The van der Waals surface area contributed by atoms with Crippen LogP contribution in [-0.4, -0.2) is 17.5 Å². The minimum atomic E-state index is -6.00. The molecule has 28 heavy (non-hydrogen) atoms. The molecule has 4 nitrogen and oxygen atoms in total. The summed E-state index contributed by atoms with van der Waals surface area (Å²) in [6.07, 6.45) is 0. The Balaban J connectivity index is 0.000000403. The first-order chi connectivity index (χ1) is 13.3. The van der Waals surface area contributed by atoms with Crippen molar-refractivity contribution in [2.24, 2.45) is 0 Å². The van der Waals surface area contributed by atoms with Gasteiger partial charge in [-0.3, -0.25) is 0 Å². The minimum absolute atomic E-state index is 0.653. The number of halogens is 5. The van der Waals surface area contributed by atoms with Gasteiger partial charge in [0.1, 0.15) is 22.2 Å². The Morgan fingerprint density at radius 3 is 2.36 bits per heavy atom. The number of fused-ring (bicyclic) bond motifs is 1. The molecule has 0 saturated carbocycles. The van der Waals surface area contributed by atoms with E-state index in [1.165, 1.54) is 11.3 Å². The van der Waals surface area contributed by atoms with Crippen LogP contribution < -0.4 is 10.3 Å². The monoisotopic (exact) mass is 427 g/mol. The van der Waals surface area contributed by atoms with Crippen LogP contribution in [0.25, 0.3) is 22.3 Å². The second kappa shape index (κ2) is 8.53. The number of hydrogen-bond acceptors (Lipinski definition) is 4. The summed E-state index contributed by atoms with van der Waals surface area (Å²) in [5.74, 6) is 0.771. The largest absolute Gasteiger partial charge is 0.673 e. The molecule has 0 amide bonds. The molecule has 11 heteroatoms. The highest BCUT2D eigenvalue weighted by Gasteiger charge is 2.20. The Bertz CT molecular complexity index is 1130. The fourth-order valence-electron chi connectivity index (χ4n) is 2.35. The molecule has 4 aromatic rings. The van der Waals surface area contributed by atoms with Gasteiger partial charge in [0.15, 0.2) is 0 Å². The van der Waals surface area contributed by atoms with Gasteiger partial charge >= 0.3 is 12.4 Å². The van der Waals surface area contributed by atoms with Gasteiger partial charge in [-0.1, -0.05) is 41.9 Å². The molecule has 2 aromatic carbocycles. The molecule has 0 aliphatic carbocycles. The van der Waals surface area contributed by atoms with Crippen LogP contribution in [0, 0.1) is 0 Å². The van der Waals surface area contributed by atoms with Crippen molar-refractivity contribution < 1.29 is 26.7 Å². The van der Waals surface area contributed by atoms with Gasteiger partial charge in [0, 0.05) is 16.7 Å². The van der Waals surface area contributed by atoms with E-state index in [1.54, 1.807) is 5.51 Å². The van der Waals surface area contributed by atoms with Crippen LogP contribution in [0.2, 0.25) is 5.02 Å². The lowest BCUT2D eigenvalue weighted by Crippen LogP contribution is -2.70. The van der Waals surface area contributed by atoms with E-state index in [4.69, 9.17) is 16.0 Å². The first-order valence-electron chi connectivity index (χ1n) is 7.82. The fraction of sp³-hybridized carbons (Fsp3) is 0. The summed E-state index contributed by atoms with van der Waals surface area (Å²) in [6.45, 7) is 0. The minimum Gasteiger partial charge on any atom is -0.456 e. The zero-order valence-corrected chi connectivity index (χ0v) is 15.5. The fourth-order valence-corrected chi connectivity index (χ4v) is 2.98. The molecule has 0 aliphatic rings. The molecule has 2 aromatic heterocycles. The van der Waals surface area contributed by atoms with Gasteiger partial charge < -0.3 is 21.7 Å². The Kier molecular flexibility index (Phi) is 6.10. The maximum atomic E-state index is 9.75. The normalized spacial score (nSPS) is 12.0. The summed E-state index contributed by atoms with van der Waals surface area (Å²) in [5.41, 5.74) is 3.44. The molecule has 0 radical (unpaired) electrons. The van der Waals surface area contributed by atoms with Crippen LogP contribution in [0.1, 0.15) is 0 Å². The molecular formula is C17H11BClF4N3OS. The Morgan fingerprint density at radius 1 is 1.00 bits per heavy atom. The highest BCUT2D eigenvalue weighted by Crippen LogP contribution is 2.23. The smallest absolute Gasteiger partial charge is 0.456 e. The average Bonchev–Trinajstić information content (AvgIpc) is 3.14. The van der Waals surface area contributed by atoms with E-state index in [1.807, 2.05) is 54.6 Å². The van der Waals surface area contributed by atoms with E-state index in [-0.39, 0.29) is 0 Å². The predicted octanol–water partition coefficient (Wildman–Crippen LogP) is 4.22. The van der Waals surface area contributed by atoms with Crippen LogP contribution in [-0.2, 0) is 0 Å². The number of hydrogen-bond donors (Lipinski definition) is 1. The highest BCUT2D eigenvalue weighted by atomic mass is 35.5. The first-order valence-corrected chi connectivity index (χ1v) is 9.08. The van der Waals surface area contributed by atoms with Gasteiger partial charge in [-0.2, -0.15) is 0 Å². The van der Waals surface area contributed by atoms with Gasteiger partial charge in [-0.05, 0) is 34.6 Å². The zero-order valence-electron chi connectivity index (χ0n) is 14.0. The molecule has 0 saturated heterocycles. The molecule has 144 valence electrons. The molecule has 0 atom stereocenters. The molecule has 2 heterocycles. The number of nitrogens with zero attached hydrogens (tertiary/aromatic N) is 2. The Labute approximate surface area is 165 Å². The van der Waals surface area contributed by atoms with E-state index in [0.29, 0.717) is 5.02 Å². The zero-order chi connectivity index (χ0) is 20.1. The molecule has 0 aliphatic heterocycles. The van der Waals surface area contributed by atoms with Gasteiger partial charge in [0.2, 0.25) is 0 Å². The van der Waals surface area contributed by atoms with Crippen molar-refractivity contribution in [3.05, 3.63) is 70.5 Å². The maximum absolute atomic E-state index is 9.75. The van der Waals surface area contributed by atoms with Crippen molar-refractivity contribution in [2.45, 2.75) is 0 Å². The highest BCUT2D eigenvalue weighted by molar-refractivity contribution is 7.12. The molecule has 0 bridgehead atoms. The standard InChI is InChI=1S/C17H10ClN3OS.BF4/c18-12-6-7-15-13(8-12)14(20-17-21-19-10-23-17)9-16(22-15)11-4-2-1-3-5-11;2-1(3,4)5/h1-10H;/q;-1/p+1/b20-14+;. The van der Waals surface area contributed by atoms with E-state index >= 15 is 0 Å². The van der Waals surface area contributed by atoms with Gasteiger partial charge in [-0.15, -0.1) is 0 Å². The van der Waals surface area contributed by atoms with Gasteiger partial charge in [0.25, 0.3) is 0 Å². The van der Waals surface area contributed by atoms with Crippen LogP contribution in [0.3, 0.4) is 0 Å². The second-order valence-corrected chi connectivity index (χ2v) is 6.66. The third kappa shape index (κ3) is 5.64. The quantitative estimate of drug-likeness (QED) is 0.385. The van der Waals surface area contributed by atoms with E-state index in [9.17, 15) is 17.3 Å². The van der Waals surface area contributed by atoms with E-state index in [0.717, 1.165) is 32.8 Å². The number of aromatic nitrogens is 2. The molecule has 0 spiro atoms. The lowest BCUT2D eigenvalue weighted by atomic mass is 10.1. The summed E-state index contributed by atoms with van der Waals surface area (Å²) in [5, 5.41) is 11.0. The lowest BCUT2D eigenvalue weighted by Gasteiger charge is -2.04. The summed E-state index contributed by atoms with van der Waals surface area (Å²) in [7, 11) is -6.00. The third-order valence-electron chi connectivity index (χ3n) is 3.39. The van der Waals surface area contributed by atoms with Gasteiger partial charge in [-0.25, -0.2) is 4.99 Å². The Hall–Kier alpha value is -2.72. The summed E-state index contributed by atoms with van der Waals surface area (Å²) < 4.78 is 45.0.